The molecule has 11 nitrogen and oxygen atoms in total. The Morgan fingerprint density at radius 3 is 2.64 bits per heavy atom. The number of nitrogens with one attached hydrogen (secondary N) is 1. The van der Waals surface area contributed by atoms with Gasteiger partial charge in [-0.15, -0.1) is 0 Å². The maximum atomic E-state index is 13.0. The van der Waals surface area contributed by atoms with Crippen molar-refractivity contribution in [2.45, 2.75) is 18.0 Å². The van der Waals surface area contributed by atoms with Gasteiger partial charge in [-0.2, -0.15) is 4.98 Å². The summed E-state index contributed by atoms with van der Waals surface area (Å²) in [5, 5.41) is 2.66. The molecule has 1 aliphatic heterocycles. The van der Waals surface area contributed by atoms with Crippen LogP contribution in [-0.4, -0.2) is 54.6 Å². The highest BCUT2D eigenvalue weighted by Crippen LogP contribution is 2.31. The number of aryl methyl sites for hydroxylation is 1. The lowest BCUT2D eigenvalue weighted by Gasteiger charge is -2.27. The van der Waals surface area contributed by atoms with Crippen LogP contribution in [0.1, 0.15) is 22.5 Å². The number of halogens is 1. The molecule has 1 N–H and O–H groups in total. The molecule has 0 radical (unpaired) electrons. The molecule has 0 unspecified atom stereocenters. The number of sulfone groups is 1. The van der Waals surface area contributed by atoms with E-state index in [1.807, 2.05) is 0 Å². The number of carbonyl (C=O) groups is 3. The van der Waals surface area contributed by atoms with Crippen LogP contribution < -0.4 is 10.2 Å². The van der Waals surface area contributed by atoms with Crippen LogP contribution >= 0.6 is 11.6 Å². The SMILES string of the molecule is COC(=O)c1ccc(Cl)c(NC(=O)N2C(=O)CCc3nc4nc(S(C)(=O)=O)ncc4cc32)c1. The lowest BCUT2D eigenvalue weighted by molar-refractivity contribution is -0.118. The number of ether oxygens (including phenoxy) is 1. The van der Waals surface area contributed by atoms with Gasteiger partial charge in [-0.25, -0.2) is 32.9 Å². The number of amides is 3. The van der Waals surface area contributed by atoms with Crippen LogP contribution in [0, 0.1) is 0 Å². The van der Waals surface area contributed by atoms with E-state index < -0.39 is 27.7 Å². The molecular weight excluding hydrogens is 474 g/mol. The molecule has 1 aromatic carbocycles. The molecule has 0 spiro atoms. The van der Waals surface area contributed by atoms with Gasteiger partial charge >= 0.3 is 12.0 Å². The molecule has 3 amide bonds. The van der Waals surface area contributed by atoms with Gasteiger partial charge in [0.15, 0.2) is 5.65 Å². The molecule has 170 valence electrons. The zero-order chi connectivity index (χ0) is 23.9. The lowest BCUT2D eigenvalue weighted by atomic mass is 10.1. The Kier molecular flexibility index (Phi) is 5.72. The highest BCUT2D eigenvalue weighted by molar-refractivity contribution is 7.90. The Hall–Kier alpha value is -3.64. The topological polar surface area (TPSA) is 149 Å². The van der Waals surface area contributed by atoms with Crippen LogP contribution in [0.2, 0.25) is 5.02 Å². The molecule has 0 saturated heterocycles. The Morgan fingerprint density at radius 2 is 1.94 bits per heavy atom. The summed E-state index contributed by atoms with van der Waals surface area (Å²) < 4.78 is 28.1. The highest BCUT2D eigenvalue weighted by Gasteiger charge is 2.32. The number of hydrogen-bond acceptors (Lipinski definition) is 9. The van der Waals surface area contributed by atoms with E-state index in [4.69, 9.17) is 11.6 Å². The summed E-state index contributed by atoms with van der Waals surface area (Å²) in [5.74, 6) is -1.10. The Labute approximate surface area is 192 Å². The number of esters is 1. The van der Waals surface area contributed by atoms with E-state index >= 15 is 0 Å². The molecule has 3 aromatic rings. The first-order chi connectivity index (χ1) is 15.6. The fourth-order valence-corrected chi connectivity index (χ4v) is 3.92. The molecule has 2 aromatic heterocycles. The van der Waals surface area contributed by atoms with Crippen LogP contribution in [-0.2, 0) is 25.8 Å². The van der Waals surface area contributed by atoms with E-state index in [1.54, 1.807) is 0 Å². The maximum absolute atomic E-state index is 13.0. The molecule has 0 atom stereocenters. The van der Waals surface area contributed by atoms with Gasteiger partial charge < -0.3 is 10.1 Å². The summed E-state index contributed by atoms with van der Waals surface area (Å²) in [6.45, 7) is 0. The van der Waals surface area contributed by atoms with Gasteiger partial charge in [0.05, 0.1) is 34.8 Å². The largest absolute Gasteiger partial charge is 0.465 e. The standard InChI is InChI=1S/C20H16ClN5O6S/c1-32-18(28)10-3-4-12(21)14(7-10)24-20(29)26-15-8-11-9-22-19(33(2,30)31)25-17(11)23-13(15)5-6-16(26)27/h3-4,7-9H,5-6H2,1-2H3,(H,24,29). The van der Waals surface area contributed by atoms with Gasteiger partial charge in [-0.1, -0.05) is 11.6 Å². The van der Waals surface area contributed by atoms with Crippen LogP contribution in [0.4, 0.5) is 16.2 Å². The Balaban J connectivity index is 1.72. The van der Waals surface area contributed by atoms with Gasteiger partial charge in [0.1, 0.15) is 0 Å². The summed E-state index contributed by atoms with van der Waals surface area (Å²) in [6.07, 6.45) is 2.49. The van der Waals surface area contributed by atoms with Crippen LogP contribution in [0.5, 0.6) is 0 Å². The third-order valence-electron chi connectivity index (χ3n) is 4.83. The molecule has 33 heavy (non-hydrogen) atoms. The Bertz CT molecular complexity index is 1440. The number of imide groups is 1. The maximum Gasteiger partial charge on any atom is 0.337 e. The molecule has 0 fully saturated rings. The molecule has 1 aliphatic rings. The quantitative estimate of drug-likeness (QED) is 0.432. The van der Waals surface area contributed by atoms with Gasteiger partial charge in [-0.05, 0) is 24.3 Å². The lowest BCUT2D eigenvalue weighted by Crippen LogP contribution is -2.43. The second-order valence-electron chi connectivity index (χ2n) is 7.14. The number of carbonyl (C=O) groups excluding carboxylic acids is 3. The second-order valence-corrected chi connectivity index (χ2v) is 9.45. The van der Waals surface area contributed by atoms with E-state index in [0.29, 0.717) is 11.1 Å². The second kappa shape index (κ2) is 8.37. The van der Waals surface area contributed by atoms with Gasteiger partial charge in [0, 0.05) is 30.7 Å². The van der Waals surface area contributed by atoms with Crippen molar-refractivity contribution >= 4 is 61.8 Å². The molecule has 13 heteroatoms. The monoisotopic (exact) mass is 489 g/mol. The number of rotatable bonds is 3. The van der Waals surface area contributed by atoms with Crippen LogP contribution in [0.15, 0.2) is 35.6 Å². The van der Waals surface area contributed by atoms with E-state index in [1.165, 1.54) is 37.6 Å². The number of nitrogens with zero attached hydrogens (tertiary/aromatic N) is 4. The number of aromatic nitrogens is 3. The number of pyridine rings is 1. The minimum Gasteiger partial charge on any atom is -0.465 e. The first kappa shape index (κ1) is 22.6. The van der Waals surface area contributed by atoms with Gasteiger partial charge in [-0.3, -0.25) is 4.79 Å². The van der Waals surface area contributed by atoms with Crippen LogP contribution in [0.3, 0.4) is 0 Å². The predicted molar refractivity (Wildman–Crippen MR) is 118 cm³/mol. The minimum atomic E-state index is -3.64. The van der Waals surface area contributed by atoms with E-state index in [0.717, 1.165) is 11.2 Å². The summed E-state index contributed by atoms with van der Waals surface area (Å²) in [7, 11) is -2.41. The number of fused-ring (bicyclic) bond motifs is 2. The van der Waals surface area contributed by atoms with Gasteiger partial charge in [0.2, 0.25) is 20.9 Å². The number of urea groups is 1. The van der Waals surface area contributed by atoms with Crippen molar-refractivity contribution in [2.24, 2.45) is 0 Å². The van der Waals surface area contributed by atoms with E-state index in [-0.39, 0.29) is 45.6 Å². The summed E-state index contributed by atoms with van der Waals surface area (Å²) in [4.78, 5) is 50.5. The predicted octanol–water partition coefficient (Wildman–Crippen LogP) is 2.38. The summed E-state index contributed by atoms with van der Waals surface area (Å²) >= 11 is 6.15. The molecule has 0 saturated carbocycles. The third-order valence-corrected chi connectivity index (χ3v) is 6.02. The summed E-state index contributed by atoms with van der Waals surface area (Å²) in [5.41, 5.74) is 1.01. The van der Waals surface area contributed by atoms with Crippen molar-refractivity contribution in [3.8, 4) is 0 Å². The molecule has 0 aliphatic carbocycles. The first-order valence-corrected chi connectivity index (χ1v) is 11.7. The molecule has 3 heterocycles. The normalized spacial score (nSPS) is 13.5. The van der Waals surface area contributed by atoms with Crippen molar-refractivity contribution in [2.75, 3.05) is 23.6 Å². The van der Waals surface area contributed by atoms with Crippen molar-refractivity contribution < 1.29 is 27.5 Å². The Morgan fingerprint density at radius 1 is 1.18 bits per heavy atom. The number of methoxy groups -OCH3 is 1. The molecule has 0 bridgehead atoms. The van der Waals surface area contributed by atoms with Crippen LogP contribution in [0.25, 0.3) is 11.0 Å². The van der Waals surface area contributed by atoms with E-state index in [2.05, 4.69) is 25.0 Å². The zero-order valence-electron chi connectivity index (χ0n) is 17.3. The molecule has 4 rings (SSSR count). The number of hydrogen-bond donors (Lipinski definition) is 1. The first-order valence-electron chi connectivity index (χ1n) is 9.47. The smallest absolute Gasteiger partial charge is 0.337 e. The number of anilines is 2. The average Bonchev–Trinajstić information content (AvgIpc) is 2.77. The molecular formula is C20H16ClN5O6S. The average molecular weight is 490 g/mol. The number of benzene rings is 1. The van der Waals surface area contributed by atoms with Crippen molar-refractivity contribution in [1.29, 1.82) is 0 Å². The van der Waals surface area contributed by atoms with Crippen molar-refractivity contribution in [1.82, 2.24) is 15.0 Å². The minimum absolute atomic E-state index is 0.00111. The fraction of sp³-hybridized carbons (Fsp3) is 0.200. The van der Waals surface area contributed by atoms with Crippen molar-refractivity contribution in [3.05, 3.63) is 46.7 Å². The highest BCUT2D eigenvalue weighted by atomic mass is 35.5. The zero-order valence-corrected chi connectivity index (χ0v) is 18.9. The third kappa shape index (κ3) is 4.34. The van der Waals surface area contributed by atoms with Crippen molar-refractivity contribution in [3.63, 3.8) is 0 Å². The van der Waals surface area contributed by atoms with Gasteiger partial charge in [0.25, 0.3) is 0 Å². The fourth-order valence-electron chi connectivity index (χ4n) is 3.26. The van der Waals surface area contributed by atoms with E-state index in [9.17, 15) is 22.8 Å². The summed E-state index contributed by atoms with van der Waals surface area (Å²) in [6, 6.07) is 4.88.